The summed E-state index contributed by atoms with van der Waals surface area (Å²) in [6.45, 7) is 4.85. The maximum atomic E-state index is 15.4. The molecule has 2 aromatic carbocycles. The van der Waals surface area contributed by atoms with E-state index in [4.69, 9.17) is 9.47 Å². The van der Waals surface area contributed by atoms with E-state index in [-0.39, 0.29) is 31.4 Å². The number of carbonyl (C=O) groups excluding carboxylic acids is 2. The van der Waals surface area contributed by atoms with Gasteiger partial charge in [0.05, 0.1) is 11.8 Å². The number of nitrogens with zero attached hydrogens (tertiary/aromatic N) is 1. The lowest BCUT2D eigenvalue weighted by Gasteiger charge is -2.32. The maximum Gasteiger partial charge on any atom is 0.269 e. The molecule has 2 N–H and O–H groups in total. The van der Waals surface area contributed by atoms with Crippen LogP contribution in [0.15, 0.2) is 42.5 Å². The molecule has 174 valence electrons. The Morgan fingerprint density at radius 2 is 2.00 bits per heavy atom. The Bertz CT molecular complexity index is 1140. The number of para-hydroxylation sites is 2. The van der Waals surface area contributed by atoms with Gasteiger partial charge in [-0.2, -0.15) is 0 Å². The first-order valence-corrected chi connectivity index (χ1v) is 14.1. The summed E-state index contributed by atoms with van der Waals surface area (Å²) in [4.78, 5) is 27.7. The quantitative estimate of drug-likeness (QED) is 0.524. The maximum absolute atomic E-state index is 15.4. The van der Waals surface area contributed by atoms with Gasteiger partial charge >= 0.3 is 0 Å². The molecule has 33 heavy (non-hydrogen) atoms. The molecular weight excluding hydrogens is 443 g/mol. The average molecular weight is 471 g/mol. The highest BCUT2D eigenvalue weighted by Gasteiger charge is 2.65. The zero-order valence-corrected chi connectivity index (χ0v) is 19.8. The molecule has 0 bridgehead atoms. The monoisotopic (exact) mass is 470 g/mol. The van der Waals surface area contributed by atoms with Gasteiger partial charge in [0.1, 0.15) is 5.75 Å². The molecule has 2 amide bonds. The van der Waals surface area contributed by atoms with Crippen LogP contribution in [0.4, 0.5) is 21.2 Å². The van der Waals surface area contributed by atoms with Gasteiger partial charge in [-0.1, -0.05) is 19.1 Å². The summed E-state index contributed by atoms with van der Waals surface area (Å²) in [7, 11) is -3.23. The topological polar surface area (TPSA) is 88.1 Å². The van der Waals surface area contributed by atoms with Crippen LogP contribution in [0.5, 0.6) is 5.75 Å². The number of ether oxygens (including phenoxy) is 2. The lowest BCUT2D eigenvalue weighted by Crippen LogP contribution is -2.42. The largest absolute Gasteiger partial charge is 0.482 e. The molecule has 1 saturated heterocycles. The molecule has 5 rings (SSSR count). The van der Waals surface area contributed by atoms with Gasteiger partial charge in [0.25, 0.3) is 11.8 Å². The Morgan fingerprint density at radius 3 is 2.73 bits per heavy atom. The van der Waals surface area contributed by atoms with E-state index in [1.165, 1.54) is 0 Å². The van der Waals surface area contributed by atoms with Crippen molar-refractivity contribution in [1.82, 2.24) is 0 Å². The first-order chi connectivity index (χ1) is 15.7. The minimum Gasteiger partial charge on any atom is -0.482 e. The number of anilines is 3. The highest BCUT2D eigenvalue weighted by Crippen LogP contribution is 2.59. The van der Waals surface area contributed by atoms with Crippen molar-refractivity contribution >= 4 is 37.3 Å². The van der Waals surface area contributed by atoms with Gasteiger partial charge < -0.3 is 24.0 Å². The van der Waals surface area contributed by atoms with Crippen LogP contribution in [0.3, 0.4) is 0 Å². The van der Waals surface area contributed by atoms with E-state index in [9.17, 15) is 14.7 Å². The average Bonchev–Trinajstić information content (AvgIpc) is 3.22. The summed E-state index contributed by atoms with van der Waals surface area (Å²) in [6.07, 6.45) is -0.308. The molecule has 2 aromatic rings. The fourth-order valence-corrected chi connectivity index (χ4v) is 8.32. The van der Waals surface area contributed by atoms with Gasteiger partial charge in [0.15, 0.2) is 12.2 Å². The second kappa shape index (κ2) is 7.65. The summed E-state index contributed by atoms with van der Waals surface area (Å²) in [5, 5.41) is 12.5. The van der Waals surface area contributed by atoms with Gasteiger partial charge in [-0.15, -0.1) is 0 Å². The van der Waals surface area contributed by atoms with Crippen molar-refractivity contribution in [3.8, 4) is 5.75 Å². The number of hydrogen-bond donors (Lipinski definition) is 2. The van der Waals surface area contributed by atoms with Crippen LogP contribution in [-0.2, 0) is 19.9 Å². The Morgan fingerprint density at radius 1 is 1.24 bits per heavy atom. The lowest BCUT2D eigenvalue weighted by atomic mass is 9.82. The van der Waals surface area contributed by atoms with Gasteiger partial charge in [0, 0.05) is 35.0 Å². The number of hydrogen-bond acceptors (Lipinski definition) is 5. The number of rotatable bonds is 4. The third kappa shape index (κ3) is 3.21. The molecule has 0 aromatic heterocycles. The molecule has 3 aliphatic rings. The van der Waals surface area contributed by atoms with Crippen molar-refractivity contribution in [2.24, 2.45) is 5.92 Å². The Kier molecular flexibility index (Phi) is 5.11. The molecular formula is C24H27FN2O5Si. The van der Waals surface area contributed by atoms with Crippen LogP contribution in [0, 0.1) is 5.92 Å². The number of halogens is 1. The number of aliphatic hydroxyl groups is 1. The van der Waals surface area contributed by atoms with Crippen LogP contribution in [0.25, 0.3) is 0 Å². The van der Waals surface area contributed by atoms with Crippen molar-refractivity contribution in [3.05, 3.63) is 48.0 Å². The standard InChI is InChI=1S/C24H27FN2O5Si/c1-14-22(33(2,3)25)20(10-11-28)32-24(14)16-12-15(8-9-17(16)26-23(24)30)27-18-6-4-5-7-19(18)31-13-21(27)29/h4-9,12,14,20,22,28H,10-11,13H2,1-3H3,(H,26,30)/t14-,20+,22-,24+/m1/s1. The fraction of sp³-hybridized carbons (Fsp3) is 0.417. The summed E-state index contributed by atoms with van der Waals surface area (Å²) < 4.78 is 27.4. The van der Waals surface area contributed by atoms with Crippen LogP contribution in [-0.4, -0.2) is 44.6 Å². The molecule has 3 aliphatic heterocycles. The van der Waals surface area contributed by atoms with Crippen LogP contribution in [0.2, 0.25) is 18.6 Å². The van der Waals surface area contributed by atoms with Crippen LogP contribution < -0.4 is 15.0 Å². The molecule has 7 nitrogen and oxygen atoms in total. The molecule has 1 spiro atoms. The van der Waals surface area contributed by atoms with E-state index >= 15 is 4.11 Å². The van der Waals surface area contributed by atoms with Gasteiger partial charge in [-0.3, -0.25) is 14.5 Å². The zero-order valence-electron chi connectivity index (χ0n) is 18.8. The Balaban J connectivity index is 1.63. The van der Waals surface area contributed by atoms with Crippen LogP contribution in [0.1, 0.15) is 18.9 Å². The minimum absolute atomic E-state index is 0.0917. The van der Waals surface area contributed by atoms with E-state index in [1.807, 2.05) is 19.1 Å². The molecule has 4 atom stereocenters. The second-order valence-corrected chi connectivity index (χ2v) is 13.2. The second-order valence-electron chi connectivity index (χ2n) is 9.45. The highest BCUT2D eigenvalue weighted by atomic mass is 28.4. The van der Waals surface area contributed by atoms with Crippen molar-refractivity contribution in [1.29, 1.82) is 0 Å². The van der Waals surface area contributed by atoms with Crippen LogP contribution >= 0.6 is 0 Å². The molecule has 9 heteroatoms. The van der Waals surface area contributed by atoms with E-state index in [0.717, 1.165) is 0 Å². The first kappa shape index (κ1) is 22.1. The number of amides is 2. The third-order valence-corrected chi connectivity index (χ3v) is 9.53. The number of aliphatic hydroxyl groups excluding tert-OH is 1. The summed E-state index contributed by atoms with van der Waals surface area (Å²) in [5.74, 6) is -0.404. The van der Waals surface area contributed by atoms with Gasteiger partial charge in [0.2, 0.25) is 8.41 Å². The fourth-order valence-electron chi connectivity index (χ4n) is 5.78. The first-order valence-electron chi connectivity index (χ1n) is 11.2. The smallest absolute Gasteiger partial charge is 0.269 e. The number of nitrogens with one attached hydrogen (secondary N) is 1. The molecule has 1 fully saturated rings. The molecule has 0 saturated carbocycles. The Labute approximate surface area is 192 Å². The Hall–Kier alpha value is -2.75. The summed E-state index contributed by atoms with van der Waals surface area (Å²) in [6, 6.07) is 12.6. The van der Waals surface area contributed by atoms with Crippen molar-refractivity contribution in [3.63, 3.8) is 0 Å². The van der Waals surface area contributed by atoms with Crippen molar-refractivity contribution in [2.75, 3.05) is 23.4 Å². The van der Waals surface area contributed by atoms with E-state index in [1.54, 1.807) is 48.3 Å². The van der Waals surface area contributed by atoms with Gasteiger partial charge in [-0.25, -0.2) is 0 Å². The van der Waals surface area contributed by atoms with E-state index in [0.29, 0.717) is 28.4 Å². The van der Waals surface area contributed by atoms with E-state index < -0.39 is 31.6 Å². The molecule has 3 heterocycles. The predicted molar refractivity (Wildman–Crippen MR) is 124 cm³/mol. The van der Waals surface area contributed by atoms with Gasteiger partial charge in [-0.05, 0) is 49.8 Å². The predicted octanol–water partition coefficient (Wildman–Crippen LogP) is 3.85. The SMILES string of the molecule is C[C@@H]1[C@@H]([Si](C)(C)F)[C@H](CCO)O[C@@]12C(=O)Nc1ccc(N3C(=O)COc4ccccc43)cc12. The number of fused-ring (bicyclic) bond motifs is 3. The molecule has 0 unspecified atom stereocenters. The minimum atomic E-state index is -3.23. The summed E-state index contributed by atoms with van der Waals surface area (Å²) in [5.41, 5.74) is 0.551. The number of carbonyl (C=O) groups is 2. The normalized spacial score (nSPS) is 28.5. The highest BCUT2D eigenvalue weighted by molar-refractivity contribution is 6.72. The van der Waals surface area contributed by atoms with E-state index in [2.05, 4.69) is 5.32 Å². The molecule has 0 radical (unpaired) electrons. The van der Waals surface area contributed by atoms with Crippen molar-refractivity contribution < 1.29 is 28.3 Å². The lowest BCUT2D eigenvalue weighted by molar-refractivity contribution is -0.143. The zero-order chi connectivity index (χ0) is 23.5. The summed E-state index contributed by atoms with van der Waals surface area (Å²) >= 11 is 0. The number of benzene rings is 2. The van der Waals surface area contributed by atoms with Crippen molar-refractivity contribution in [2.45, 2.75) is 43.7 Å². The molecule has 0 aliphatic carbocycles. The third-order valence-electron chi connectivity index (χ3n) is 7.08.